The minimum atomic E-state index is -3.63. The van der Waals surface area contributed by atoms with Crippen LogP contribution in [-0.2, 0) is 16.6 Å². The summed E-state index contributed by atoms with van der Waals surface area (Å²) in [6.45, 7) is 6.64. The van der Waals surface area contributed by atoms with Gasteiger partial charge in [0, 0.05) is 25.4 Å². The first-order valence-corrected chi connectivity index (χ1v) is 9.86. The van der Waals surface area contributed by atoms with E-state index in [4.69, 9.17) is 4.52 Å². The monoisotopic (exact) mass is 352 g/mol. The minimum absolute atomic E-state index is 0.278. The summed E-state index contributed by atoms with van der Waals surface area (Å²) in [5.74, 6) is 0.696. The van der Waals surface area contributed by atoms with Gasteiger partial charge in [-0.1, -0.05) is 18.0 Å². The van der Waals surface area contributed by atoms with Crippen molar-refractivity contribution in [2.75, 3.05) is 6.54 Å². The van der Waals surface area contributed by atoms with Crippen molar-refractivity contribution in [2.45, 2.75) is 63.9 Å². The Morgan fingerprint density at radius 3 is 2.71 bits per heavy atom. The summed E-state index contributed by atoms with van der Waals surface area (Å²) in [4.78, 5) is 0.288. The van der Waals surface area contributed by atoms with Crippen LogP contribution in [-0.4, -0.2) is 34.2 Å². The van der Waals surface area contributed by atoms with E-state index in [2.05, 4.69) is 10.3 Å². The van der Waals surface area contributed by atoms with Gasteiger partial charge in [-0.3, -0.25) is 4.68 Å². The van der Waals surface area contributed by atoms with Gasteiger partial charge in [-0.05, 0) is 33.6 Å². The van der Waals surface area contributed by atoms with Crippen molar-refractivity contribution < 1.29 is 12.9 Å². The number of nitrogens with zero attached hydrogens (tertiary/aromatic N) is 4. The molecule has 3 heterocycles. The average molecular weight is 352 g/mol. The van der Waals surface area contributed by atoms with Crippen LogP contribution < -0.4 is 0 Å². The highest BCUT2D eigenvalue weighted by atomic mass is 32.2. The SMILES string of the molecule is CCn1cc(S(=O)(=O)N2CCCCC[C@@H]2c2cc(C)on2)c(C)n1. The molecular formula is C16H24N4O3S. The van der Waals surface area contributed by atoms with Gasteiger partial charge in [-0.15, -0.1) is 0 Å². The zero-order valence-corrected chi connectivity index (χ0v) is 15.2. The molecule has 1 saturated heterocycles. The topological polar surface area (TPSA) is 81.2 Å². The summed E-state index contributed by atoms with van der Waals surface area (Å²) in [6.07, 6.45) is 5.24. The van der Waals surface area contributed by atoms with Crippen molar-refractivity contribution in [1.29, 1.82) is 0 Å². The van der Waals surface area contributed by atoms with Crippen LogP contribution in [0.3, 0.4) is 0 Å². The number of rotatable bonds is 4. The Morgan fingerprint density at radius 2 is 2.08 bits per heavy atom. The molecule has 1 aliphatic heterocycles. The molecule has 3 rings (SSSR count). The lowest BCUT2D eigenvalue weighted by atomic mass is 10.1. The van der Waals surface area contributed by atoms with Gasteiger partial charge in [-0.2, -0.15) is 9.40 Å². The van der Waals surface area contributed by atoms with Crippen molar-refractivity contribution >= 4 is 10.0 Å². The first-order valence-electron chi connectivity index (χ1n) is 8.42. The highest BCUT2D eigenvalue weighted by Crippen LogP contribution is 2.35. The average Bonchev–Trinajstić information content (AvgIpc) is 3.04. The predicted octanol–water partition coefficient (Wildman–Crippen LogP) is 2.81. The molecule has 0 radical (unpaired) electrons. The Hall–Kier alpha value is -1.67. The van der Waals surface area contributed by atoms with Crippen LogP contribution in [0.2, 0.25) is 0 Å². The molecule has 0 spiro atoms. The van der Waals surface area contributed by atoms with Crippen LogP contribution in [0.15, 0.2) is 21.7 Å². The second kappa shape index (κ2) is 6.68. The van der Waals surface area contributed by atoms with E-state index in [1.807, 2.05) is 19.9 Å². The molecule has 132 valence electrons. The fourth-order valence-electron chi connectivity index (χ4n) is 3.25. The van der Waals surface area contributed by atoms with Gasteiger partial charge in [0.05, 0.1) is 11.7 Å². The predicted molar refractivity (Wildman–Crippen MR) is 89.0 cm³/mol. The Kier molecular flexibility index (Phi) is 4.78. The van der Waals surface area contributed by atoms with Gasteiger partial charge in [0.15, 0.2) is 0 Å². The fraction of sp³-hybridized carbons (Fsp3) is 0.625. The lowest BCUT2D eigenvalue weighted by Crippen LogP contribution is -2.35. The smallest absolute Gasteiger partial charge is 0.247 e. The molecule has 1 atom stereocenters. The number of sulfonamides is 1. The lowest BCUT2D eigenvalue weighted by molar-refractivity contribution is 0.304. The van der Waals surface area contributed by atoms with Crippen LogP contribution >= 0.6 is 0 Å². The normalized spacial score (nSPS) is 20.2. The number of aryl methyl sites for hydroxylation is 3. The lowest BCUT2D eigenvalue weighted by Gasteiger charge is -2.27. The molecular weight excluding hydrogens is 328 g/mol. The van der Waals surface area contributed by atoms with Gasteiger partial charge >= 0.3 is 0 Å². The molecule has 24 heavy (non-hydrogen) atoms. The molecule has 0 amide bonds. The highest BCUT2D eigenvalue weighted by molar-refractivity contribution is 7.89. The molecule has 0 unspecified atom stereocenters. The van der Waals surface area contributed by atoms with E-state index in [9.17, 15) is 8.42 Å². The van der Waals surface area contributed by atoms with Crippen LogP contribution in [0.1, 0.15) is 55.8 Å². The summed E-state index contributed by atoms with van der Waals surface area (Å²) in [6, 6.07) is 1.56. The fourth-order valence-corrected chi connectivity index (χ4v) is 5.09. The van der Waals surface area contributed by atoms with E-state index in [-0.39, 0.29) is 10.9 Å². The van der Waals surface area contributed by atoms with Gasteiger partial charge in [-0.25, -0.2) is 8.42 Å². The number of aromatic nitrogens is 3. The summed E-state index contributed by atoms with van der Waals surface area (Å²) in [5, 5.41) is 8.37. The van der Waals surface area contributed by atoms with Crippen molar-refractivity contribution in [3.05, 3.63) is 29.4 Å². The van der Waals surface area contributed by atoms with E-state index < -0.39 is 10.0 Å². The van der Waals surface area contributed by atoms with E-state index >= 15 is 0 Å². The summed E-state index contributed by atoms with van der Waals surface area (Å²) < 4.78 is 35.0. The second-order valence-corrected chi connectivity index (χ2v) is 8.14. The molecule has 2 aromatic rings. The molecule has 7 nitrogen and oxygen atoms in total. The molecule has 1 fully saturated rings. The van der Waals surface area contributed by atoms with Crippen LogP contribution in [0.25, 0.3) is 0 Å². The number of hydrogen-bond donors (Lipinski definition) is 0. The molecule has 8 heteroatoms. The second-order valence-electron chi connectivity index (χ2n) is 6.28. The molecule has 2 aromatic heterocycles. The van der Waals surface area contributed by atoms with Crippen molar-refractivity contribution in [1.82, 2.24) is 19.2 Å². The first-order chi connectivity index (χ1) is 11.4. The van der Waals surface area contributed by atoms with E-state index in [0.717, 1.165) is 25.7 Å². The maximum atomic E-state index is 13.3. The van der Waals surface area contributed by atoms with Crippen molar-refractivity contribution in [2.24, 2.45) is 0 Å². The maximum absolute atomic E-state index is 13.3. The molecule has 1 aliphatic rings. The molecule has 0 saturated carbocycles. The standard InChI is InChI=1S/C16H24N4O3S/c1-4-19-11-16(13(3)17-19)24(21,22)20-9-7-5-6-8-15(20)14-10-12(2)23-18-14/h10-11,15H,4-9H2,1-3H3/t15-/m1/s1. The minimum Gasteiger partial charge on any atom is -0.361 e. The van der Waals surface area contributed by atoms with Crippen LogP contribution in [0, 0.1) is 13.8 Å². The third-order valence-corrected chi connectivity index (χ3v) is 6.51. The quantitative estimate of drug-likeness (QED) is 0.845. The van der Waals surface area contributed by atoms with Crippen molar-refractivity contribution in [3.8, 4) is 0 Å². The van der Waals surface area contributed by atoms with Crippen LogP contribution in [0.5, 0.6) is 0 Å². The van der Waals surface area contributed by atoms with Gasteiger partial charge in [0.1, 0.15) is 16.3 Å². The molecule has 0 bridgehead atoms. The zero-order valence-electron chi connectivity index (χ0n) is 14.4. The summed E-state index contributed by atoms with van der Waals surface area (Å²) in [5.41, 5.74) is 1.23. The third-order valence-electron chi connectivity index (χ3n) is 4.50. The van der Waals surface area contributed by atoms with E-state index in [1.165, 1.54) is 0 Å². The van der Waals surface area contributed by atoms with Gasteiger partial charge < -0.3 is 4.52 Å². The van der Waals surface area contributed by atoms with Crippen molar-refractivity contribution in [3.63, 3.8) is 0 Å². The number of hydrogen-bond acceptors (Lipinski definition) is 5. The highest BCUT2D eigenvalue weighted by Gasteiger charge is 2.36. The van der Waals surface area contributed by atoms with Gasteiger partial charge in [0.2, 0.25) is 10.0 Å². The molecule has 0 N–H and O–H groups in total. The van der Waals surface area contributed by atoms with Crippen LogP contribution in [0.4, 0.5) is 0 Å². The summed E-state index contributed by atoms with van der Waals surface area (Å²) >= 11 is 0. The molecule has 0 aromatic carbocycles. The molecule has 0 aliphatic carbocycles. The van der Waals surface area contributed by atoms with Gasteiger partial charge in [0.25, 0.3) is 0 Å². The third kappa shape index (κ3) is 3.12. The maximum Gasteiger partial charge on any atom is 0.247 e. The van der Waals surface area contributed by atoms with E-state index in [1.54, 1.807) is 22.1 Å². The Labute approximate surface area is 142 Å². The largest absolute Gasteiger partial charge is 0.361 e. The van der Waals surface area contributed by atoms with E-state index in [0.29, 0.717) is 30.2 Å². The Morgan fingerprint density at radius 1 is 1.29 bits per heavy atom. The zero-order chi connectivity index (χ0) is 17.3. The first kappa shape index (κ1) is 17.2. The Balaban J connectivity index is 2.03. The summed E-state index contributed by atoms with van der Waals surface area (Å²) in [7, 11) is -3.63. The Bertz CT molecular complexity index is 809.